The second kappa shape index (κ2) is 8.78. The van der Waals surface area contributed by atoms with Gasteiger partial charge in [-0.3, -0.25) is 4.79 Å². The first-order valence-electron chi connectivity index (χ1n) is 8.90. The standard InChI is InChI=1S/C18H29N3O3S/c1-14(19-2)13-20-18(22)15-8-7-11-17(12-15)25(23,24)21(3)16-9-5-4-6-10-16/h7-8,11-12,14,16,19H,4-6,9-10,13H2,1-3H3,(H,20,22). The minimum absolute atomic E-state index is 0.0488. The average Bonchev–Trinajstić information content (AvgIpc) is 2.65. The lowest BCUT2D eigenvalue weighted by atomic mass is 9.96. The first kappa shape index (κ1) is 19.9. The Balaban J connectivity index is 2.14. The van der Waals surface area contributed by atoms with Gasteiger partial charge in [0.05, 0.1) is 4.90 Å². The molecule has 7 heteroatoms. The van der Waals surface area contributed by atoms with Gasteiger partial charge in [0.25, 0.3) is 5.91 Å². The van der Waals surface area contributed by atoms with Crippen molar-refractivity contribution in [2.24, 2.45) is 0 Å². The highest BCUT2D eigenvalue weighted by atomic mass is 32.2. The summed E-state index contributed by atoms with van der Waals surface area (Å²) in [7, 11) is -0.120. The number of rotatable bonds is 7. The van der Waals surface area contributed by atoms with Crippen molar-refractivity contribution in [2.45, 2.75) is 56.0 Å². The number of hydrogen-bond donors (Lipinski definition) is 2. The molecule has 1 atom stereocenters. The maximum atomic E-state index is 12.9. The molecule has 1 aliphatic rings. The van der Waals surface area contributed by atoms with E-state index in [1.54, 1.807) is 25.2 Å². The Morgan fingerprint density at radius 3 is 2.60 bits per heavy atom. The molecule has 0 bridgehead atoms. The maximum Gasteiger partial charge on any atom is 0.251 e. The monoisotopic (exact) mass is 367 g/mol. The molecule has 0 spiro atoms. The van der Waals surface area contributed by atoms with Crippen LogP contribution in [0, 0.1) is 0 Å². The third-order valence-electron chi connectivity index (χ3n) is 4.92. The van der Waals surface area contributed by atoms with Crippen molar-refractivity contribution in [3.63, 3.8) is 0 Å². The molecule has 0 aliphatic heterocycles. The Hall–Kier alpha value is -1.44. The van der Waals surface area contributed by atoms with Crippen LogP contribution in [0.2, 0.25) is 0 Å². The van der Waals surface area contributed by atoms with Crippen molar-refractivity contribution in [3.8, 4) is 0 Å². The lowest BCUT2D eigenvalue weighted by Crippen LogP contribution is -2.38. The fourth-order valence-electron chi connectivity index (χ4n) is 3.05. The fourth-order valence-corrected chi connectivity index (χ4v) is 4.52. The third kappa shape index (κ3) is 5.03. The van der Waals surface area contributed by atoms with Crippen LogP contribution in [-0.2, 0) is 10.0 Å². The van der Waals surface area contributed by atoms with Crippen LogP contribution in [0.15, 0.2) is 29.2 Å². The average molecular weight is 368 g/mol. The summed E-state index contributed by atoms with van der Waals surface area (Å²) in [5, 5.41) is 5.85. The molecule has 0 saturated heterocycles. The smallest absolute Gasteiger partial charge is 0.251 e. The van der Waals surface area contributed by atoms with Crippen molar-refractivity contribution < 1.29 is 13.2 Å². The number of nitrogens with one attached hydrogen (secondary N) is 2. The van der Waals surface area contributed by atoms with Gasteiger partial charge in [0.15, 0.2) is 0 Å². The second-order valence-corrected chi connectivity index (χ2v) is 8.74. The summed E-state index contributed by atoms with van der Waals surface area (Å²) in [5.74, 6) is -0.264. The summed E-state index contributed by atoms with van der Waals surface area (Å²) >= 11 is 0. The van der Waals surface area contributed by atoms with Crippen LogP contribution >= 0.6 is 0 Å². The van der Waals surface area contributed by atoms with Crippen molar-refractivity contribution in [3.05, 3.63) is 29.8 Å². The number of nitrogens with zero attached hydrogens (tertiary/aromatic N) is 1. The maximum absolute atomic E-state index is 12.9. The van der Waals surface area contributed by atoms with Crippen molar-refractivity contribution in [1.29, 1.82) is 0 Å². The molecule has 25 heavy (non-hydrogen) atoms. The van der Waals surface area contributed by atoms with Gasteiger partial charge in [-0.1, -0.05) is 25.3 Å². The van der Waals surface area contributed by atoms with E-state index in [0.717, 1.165) is 25.7 Å². The Morgan fingerprint density at radius 1 is 1.28 bits per heavy atom. The van der Waals surface area contributed by atoms with Crippen LogP contribution in [0.25, 0.3) is 0 Å². The molecule has 0 aromatic heterocycles. The molecule has 2 N–H and O–H groups in total. The lowest BCUT2D eigenvalue weighted by molar-refractivity contribution is 0.0950. The quantitative estimate of drug-likeness (QED) is 0.772. The number of sulfonamides is 1. The van der Waals surface area contributed by atoms with E-state index in [1.807, 2.05) is 14.0 Å². The summed E-state index contributed by atoms with van der Waals surface area (Å²) in [6, 6.07) is 6.48. The SMILES string of the molecule is CNC(C)CNC(=O)c1cccc(S(=O)(=O)N(C)C2CCCCC2)c1. The Bertz CT molecular complexity index is 685. The summed E-state index contributed by atoms with van der Waals surface area (Å²) in [4.78, 5) is 12.4. The van der Waals surface area contributed by atoms with Crippen LogP contribution in [0.1, 0.15) is 49.4 Å². The number of carbonyl (C=O) groups excluding carboxylic acids is 1. The molecule has 1 saturated carbocycles. The zero-order valence-electron chi connectivity index (χ0n) is 15.3. The first-order chi connectivity index (χ1) is 11.9. The molecule has 1 aliphatic carbocycles. The Morgan fingerprint density at radius 2 is 1.96 bits per heavy atom. The second-order valence-electron chi connectivity index (χ2n) is 6.74. The van der Waals surface area contributed by atoms with E-state index in [9.17, 15) is 13.2 Å². The predicted octanol–water partition coefficient (Wildman–Crippen LogP) is 1.98. The molecule has 1 fully saturated rings. The van der Waals surface area contributed by atoms with Gasteiger partial charge in [0, 0.05) is 31.2 Å². The summed E-state index contributed by atoms with van der Waals surface area (Å²) in [6.45, 7) is 2.44. The van der Waals surface area contributed by atoms with E-state index < -0.39 is 10.0 Å². The topological polar surface area (TPSA) is 78.5 Å². The van der Waals surface area contributed by atoms with Gasteiger partial charge in [0.2, 0.25) is 10.0 Å². The van der Waals surface area contributed by atoms with Crippen LogP contribution in [0.4, 0.5) is 0 Å². The van der Waals surface area contributed by atoms with E-state index in [2.05, 4.69) is 10.6 Å². The number of amides is 1. The van der Waals surface area contributed by atoms with E-state index in [0.29, 0.717) is 12.1 Å². The first-order valence-corrected chi connectivity index (χ1v) is 10.3. The van der Waals surface area contributed by atoms with Crippen molar-refractivity contribution >= 4 is 15.9 Å². The summed E-state index contributed by atoms with van der Waals surface area (Å²) in [6.07, 6.45) is 5.11. The van der Waals surface area contributed by atoms with E-state index in [4.69, 9.17) is 0 Å². The van der Waals surface area contributed by atoms with Crippen molar-refractivity contribution in [2.75, 3.05) is 20.6 Å². The Labute approximate surface area is 151 Å². The summed E-state index contributed by atoms with van der Waals surface area (Å²) < 4.78 is 27.3. The summed E-state index contributed by atoms with van der Waals surface area (Å²) in [5.41, 5.74) is 0.362. The molecule has 1 aromatic carbocycles. The molecule has 0 radical (unpaired) electrons. The third-order valence-corrected chi connectivity index (χ3v) is 6.83. The molecular weight excluding hydrogens is 338 g/mol. The van der Waals surface area contributed by atoms with Crippen LogP contribution in [-0.4, -0.2) is 51.4 Å². The zero-order chi connectivity index (χ0) is 18.4. The minimum atomic E-state index is -3.59. The number of carbonyl (C=O) groups is 1. The molecule has 140 valence electrons. The minimum Gasteiger partial charge on any atom is -0.350 e. The molecular formula is C18H29N3O3S. The number of hydrogen-bond acceptors (Lipinski definition) is 4. The van der Waals surface area contributed by atoms with E-state index in [1.165, 1.54) is 16.8 Å². The normalized spacial score (nSPS) is 17.4. The van der Waals surface area contributed by atoms with Gasteiger partial charge in [-0.2, -0.15) is 4.31 Å². The van der Waals surface area contributed by atoms with Gasteiger partial charge in [0.1, 0.15) is 0 Å². The van der Waals surface area contributed by atoms with Gasteiger partial charge < -0.3 is 10.6 Å². The largest absolute Gasteiger partial charge is 0.350 e. The molecule has 1 unspecified atom stereocenters. The van der Waals surface area contributed by atoms with Crippen molar-refractivity contribution in [1.82, 2.24) is 14.9 Å². The number of likely N-dealkylation sites (N-methyl/N-ethyl adjacent to an activating group) is 1. The fraction of sp³-hybridized carbons (Fsp3) is 0.611. The van der Waals surface area contributed by atoms with E-state index >= 15 is 0 Å². The molecule has 6 nitrogen and oxygen atoms in total. The highest BCUT2D eigenvalue weighted by Gasteiger charge is 2.29. The predicted molar refractivity (Wildman–Crippen MR) is 99.1 cm³/mol. The van der Waals surface area contributed by atoms with Gasteiger partial charge in [-0.15, -0.1) is 0 Å². The highest BCUT2D eigenvalue weighted by Crippen LogP contribution is 2.26. The van der Waals surface area contributed by atoms with Crippen LogP contribution < -0.4 is 10.6 Å². The highest BCUT2D eigenvalue weighted by molar-refractivity contribution is 7.89. The van der Waals surface area contributed by atoms with Crippen LogP contribution in [0.5, 0.6) is 0 Å². The lowest BCUT2D eigenvalue weighted by Gasteiger charge is -2.30. The van der Waals surface area contributed by atoms with E-state index in [-0.39, 0.29) is 22.9 Å². The van der Waals surface area contributed by atoms with Gasteiger partial charge in [-0.05, 0) is 45.0 Å². The molecule has 1 aromatic rings. The van der Waals surface area contributed by atoms with Crippen LogP contribution in [0.3, 0.4) is 0 Å². The van der Waals surface area contributed by atoms with Gasteiger partial charge in [-0.25, -0.2) is 8.42 Å². The molecule has 1 amide bonds. The Kier molecular flexibility index (Phi) is 6.98. The molecule has 0 heterocycles. The van der Waals surface area contributed by atoms with Gasteiger partial charge >= 0.3 is 0 Å². The molecule has 2 rings (SSSR count). The number of benzene rings is 1. The zero-order valence-corrected chi connectivity index (χ0v) is 16.1.